The summed E-state index contributed by atoms with van der Waals surface area (Å²) in [5, 5.41) is 28.9. The standard InChI is InChI=1S/C52H59NO17/c1-29-35(67-48(61)42(68-38(57)27-64-24-23-63-7)40(32-17-11-8-12-18-32)53-46(59)33-19-13-9-14-20-33)26-52(62)45(69-47(60)34-21-15-10-16-22-34)43-50(6,36(56)25-37-51(43,28-65-37)70-31(3)55)44(58)41(66-30(2)54)39(29)49(52,4)5/h8-22,35-37,40-43,45,56,62H,23-28H2,1-7H3,(H,53,59)/t35?,36-,37+,40?,41+,42?,43-,45-,50+,51-,52+/m0/s1. The second-order valence-corrected chi connectivity index (χ2v) is 18.9. The number of ketones is 1. The number of hydrogen-bond acceptors (Lipinski definition) is 17. The molecule has 3 fully saturated rings. The fourth-order valence-corrected chi connectivity index (χ4v) is 10.8. The number of rotatable bonds is 16. The van der Waals surface area contributed by atoms with E-state index in [0.717, 1.165) is 13.8 Å². The van der Waals surface area contributed by atoms with Crippen molar-refractivity contribution in [1.29, 1.82) is 0 Å². The molecule has 3 unspecified atom stereocenters. The van der Waals surface area contributed by atoms with Crippen LogP contribution in [-0.4, -0.2) is 133 Å². The van der Waals surface area contributed by atoms with Crippen LogP contribution in [0.3, 0.4) is 0 Å². The first-order chi connectivity index (χ1) is 33.2. The largest absolute Gasteiger partial charge is 0.455 e. The lowest BCUT2D eigenvalue weighted by Crippen LogP contribution is -2.82. The Morgan fingerprint density at radius 2 is 1.44 bits per heavy atom. The van der Waals surface area contributed by atoms with Crippen LogP contribution in [0, 0.1) is 16.7 Å². The van der Waals surface area contributed by atoms with Gasteiger partial charge in [0.25, 0.3) is 5.91 Å². The van der Waals surface area contributed by atoms with Gasteiger partial charge in [0.05, 0.1) is 42.8 Å². The van der Waals surface area contributed by atoms with Crippen molar-refractivity contribution in [1.82, 2.24) is 5.32 Å². The Hall–Kier alpha value is -6.31. The van der Waals surface area contributed by atoms with Gasteiger partial charge in [-0.1, -0.05) is 80.6 Å². The van der Waals surface area contributed by atoms with Crippen molar-refractivity contribution < 1.29 is 81.7 Å². The third-order valence-electron chi connectivity index (χ3n) is 14.4. The monoisotopic (exact) mass is 969 g/mol. The van der Waals surface area contributed by atoms with E-state index in [0.29, 0.717) is 5.56 Å². The molecule has 18 heteroatoms. The first-order valence-electron chi connectivity index (χ1n) is 23.0. The first-order valence-corrected chi connectivity index (χ1v) is 23.0. The normalized spacial score (nSPS) is 29.5. The average Bonchev–Trinajstić information content (AvgIpc) is 3.32. The van der Waals surface area contributed by atoms with Crippen LogP contribution in [0.1, 0.15) is 86.7 Å². The lowest BCUT2D eigenvalue weighted by atomic mass is 9.44. The molecule has 0 spiro atoms. The third kappa shape index (κ3) is 9.50. The summed E-state index contributed by atoms with van der Waals surface area (Å²) in [6.07, 6.45) is -10.8. The molecule has 0 radical (unpaired) electrons. The molecule has 2 bridgehead atoms. The van der Waals surface area contributed by atoms with E-state index < -0.39 is 125 Å². The molecular weight excluding hydrogens is 911 g/mol. The fraction of sp³-hybridized carbons (Fsp3) is 0.481. The van der Waals surface area contributed by atoms with Crippen molar-refractivity contribution in [3.8, 4) is 0 Å². The Labute approximate surface area is 404 Å². The van der Waals surface area contributed by atoms with E-state index in [2.05, 4.69) is 5.32 Å². The predicted octanol–water partition coefficient (Wildman–Crippen LogP) is 3.95. The van der Waals surface area contributed by atoms with Gasteiger partial charge in [-0.15, -0.1) is 0 Å². The van der Waals surface area contributed by atoms with Crippen LogP contribution >= 0.6 is 0 Å². The Morgan fingerprint density at radius 3 is 2.01 bits per heavy atom. The van der Waals surface area contributed by atoms with Gasteiger partial charge in [0.1, 0.15) is 36.6 Å². The summed E-state index contributed by atoms with van der Waals surface area (Å²) in [7, 11) is 1.44. The number of carbonyl (C=O) groups excluding carboxylic acids is 7. The highest BCUT2D eigenvalue weighted by atomic mass is 16.6. The van der Waals surface area contributed by atoms with Gasteiger partial charge in [-0.2, -0.15) is 0 Å². The van der Waals surface area contributed by atoms with Crippen LogP contribution in [0.25, 0.3) is 0 Å². The van der Waals surface area contributed by atoms with Crippen LogP contribution < -0.4 is 5.32 Å². The number of esters is 5. The number of benzene rings is 3. The van der Waals surface area contributed by atoms with Crippen molar-refractivity contribution in [2.24, 2.45) is 16.7 Å². The summed E-state index contributed by atoms with van der Waals surface area (Å²) >= 11 is 0. The molecule has 2 saturated carbocycles. The highest BCUT2D eigenvalue weighted by molar-refractivity contribution is 5.96. The number of ether oxygens (including phenoxy) is 8. The van der Waals surface area contributed by atoms with E-state index in [1.165, 1.54) is 33.1 Å². The van der Waals surface area contributed by atoms with Gasteiger partial charge < -0.3 is 53.4 Å². The van der Waals surface area contributed by atoms with E-state index in [-0.39, 0.29) is 48.5 Å². The van der Waals surface area contributed by atoms with Gasteiger partial charge in [-0.3, -0.25) is 19.2 Å². The van der Waals surface area contributed by atoms with Gasteiger partial charge >= 0.3 is 29.8 Å². The maximum atomic E-state index is 15.7. The Morgan fingerprint density at radius 1 is 0.829 bits per heavy atom. The van der Waals surface area contributed by atoms with E-state index >= 15 is 9.59 Å². The van der Waals surface area contributed by atoms with Crippen molar-refractivity contribution in [2.75, 3.05) is 33.5 Å². The molecule has 1 amide bonds. The number of methoxy groups -OCH3 is 1. The zero-order chi connectivity index (χ0) is 50.8. The molecule has 3 aromatic carbocycles. The molecule has 3 aliphatic carbocycles. The van der Waals surface area contributed by atoms with Crippen molar-refractivity contribution in [2.45, 2.75) is 108 Å². The highest BCUT2D eigenvalue weighted by Crippen LogP contribution is 2.64. The summed E-state index contributed by atoms with van der Waals surface area (Å²) in [5.74, 6) is -8.07. The number of aliphatic hydroxyl groups is 2. The minimum Gasteiger partial charge on any atom is -0.455 e. The van der Waals surface area contributed by atoms with Gasteiger partial charge in [0, 0.05) is 44.8 Å². The Balaban J connectivity index is 1.41. The minimum atomic E-state index is -2.46. The summed E-state index contributed by atoms with van der Waals surface area (Å²) in [4.78, 5) is 99.0. The lowest BCUT2D eigenvalue weighted by molar-refractivity contribution is -0.346. The smallest absolute Gasteiger partial charge is 0.350 e. The minimum absolute atomic E-state index is 0.00229. The van der Waals surface area contributed by atoms with Gasteiger partial charge in [0.2, 0.25) is 6.10 Å². The number of amides is 1. The molecule has 7 rings (SSSR count). The summed E-state index contributed by atoms with van der Waals surface area (Å²) in [5.41, 5.74) is -7.45. The van der Waals surface area contributed by atoms with Gasteiger partial charge in [-0.25, -0.2) is 14.4 Å². The molecule has 1 heterocycles. The number of aliphatic hydroxyl groups excluding tert-OH is 1. The van der Waals surface area contributed by atoms with E-state index in [1.807, 2.05) is 0 Å². The van der Waals surface area contributed by atoms with Crippen LogP contribution in [0.4, 0.5) is 0 Å². The molecule has 70 heavy (non-hydrogen) atoms. The maximum absolute atomic E-state index is 15.7. The SMILES string of the molecule is COCCOCC(=O)OC(C(=O)OC1C[C@@]2(O)[C@@H](OC(=O)c3ccccc3)[C@@H]3[C@]4(OC(C)=O)CO[C@@H]4C[C@H](O)[C@@]3(C)C(=O)[C@H](OC(C)=O)C(=C1C)C2(C)C)C(NC(=O)c1ccccc1)c1ccccc1. The number of nitrogens with one attached hydrogen (secondary N) is 1. The van der Waals surface area contributed by atoms with Crippen molar-refractivity contribution >= 4 is 41.5 Å². The number of hydrogen-bond donors (Lipinski definition) is 3. The van der Waals surface area contributed by atoms with Crippen molar-refractivity contribution in [3.05, 3.63) is 119 Å². The molecule has 18 nitrogen and oxygen atoms in total. The molecule has 374 valence electrons. The first kappa shape index (κ1) is 51.5. The Kier molecular flexibility index (Phi) is 15.1. The number of fused-ring (bicyclic) bond motifs is 5. The van der Waals surface area contributed by atoms with Crippen molar-refractivity contribution in [3.63, 3.8) is 0 Å². The summed E-state index contributed by atoms with van der Waals surface area (Å²) in [6, 6.07) is 22.7. The molecule has 4 aliphatic rings. The third-order valence-corrected chi connectivity index (χ3v) is 14.4. The molecule has 3 aromatic rings. The molecule has 1 aliphatic heterocycles. The maximum Gasteiger partial charge on any atom is 0.350 e. The van der Waals surface area contributed by atoms with Crippen LogP contribution in [0.2, 0.25) is 0 Å². The predicted molar refractivity (Wildman–Crippen MR) is 244 cm³/mol. The topological polar surface area (TPSA) is 246 Å². The quantitative estimate of drug-likeness (QED) is 0.0796. The average molecular weight is 970 g/mol. The molecule has 1 saturated heterocycles. The zero-order valence-corrected chi connectivity index (χ0v) is 40.0. The van der Waals surface area contributed by atoms with Gasteiger partial charge in [0.15, 0.2) is 17.5 Å². The molecule has 0 aromatic heterocycles. The van der Waals surface area contributed by atoms with E-state index in [4.69, 9.17) is 37.9 Å². The lowest BCUT2D eigenvalue weighted by Gasteiger charge is -2.67. The van der Waals surface area contributed by atoms with E-state index in [9.17, 15) is 34.2 Å². The number of Topliss-reactive ketones (excluding diaryl/α,β-unsaturated/α-hetero) is 1. The second-order valence-electron chi connectivity index (χ2n) is 18.9. The molecular formula is C52H59NO17. The summed E-state index contributed by atoms with van der Waals surface area (Å²) < 4.78 is 47.0. The van der Waals surface area contributed by atoms with E-state index in [1.54, 1.807) is 92.7 Å². The highest BCUT2D eigenvalue weighted by Gasteiger charge is 2.78. The zero-order valence-electron chi connectivity index (χ0n) is 40.0. The Bertz CT molecular complexity index is 2500. The fourth-order valence-electron chi connectivity index (χ4n) is 10.8. The number of carbonyl (C=O) groups is 7. The molecule has 11 atom stereocenters. The van der Waals surface area contributed by atoms with Crippen LogP contribution in [0.15, 0.2) is 102 Å². The van der Waals surface area contributed by atoms with Crippen LogP contribution in [-0.2, 0) is 61.9 Å². The van der Waals surface area contributed by atoms with Crippen LogP contribution in [0.5, 0.6) is 0 Å². The molecule has 3 N–H and O–H groups in total. The van der Waals surface area contributed by atoms with Gasteiger partial charge in [-0.05, 0) is 54.8 Å². The second kappa shape index (κ2) is 20.6. The summed E-state index contributed by atoms with van der Waals surface area (Å²) in [6.45, 7) is 7.36.